The minimum atomic E-state index is -0.122. The molecular weight excluding hydrogens is 228 g/mol. The normalized spacial score (nSPS) is 9.89. The topological polar surface area (TPSA) is 50.4 Å². The summed E-state index contributed by atoms with van der Waals surface area (Å²) in [6, 6.07) is 7.25. The number of rotatable bonds is 6. The van der Waals surface area contributed by atoms with Crippen LogP contribution in [0, 0.1) is 12.3 Å². The van der Waals surface area contributed by atoms with Crippen LogP contribution in [-0.4, -0.2) is 25.1 Å². The highest BCUT2D eigenvalue weighted by molar-refractivity contribution is 5.92. The molecule has 0 radical (unpaired) electrons. The second kappa shape index (κ2) is 7.36. The summed E-state index contributed by atoms with van der Waals surface area (Å²) in [5.74, 6) is 3.07. The molecule has 0 aliphatic rings. The Kier molecular flexibility index (Phi) is 5.75. The summed E-state index contributed by atoms with van der Waals surface area (Å²) in [6.45, 7) is 4.52. The number of amides is 1. The zero-order valence-electron chi connectivity index (χ0n) is 10.7. The molecule has 0 aliphatic heterocycles. The summed E-state index contributed by atoms with van der Waals surface area (Å²) in [4.78, 5) is 11.5. The third kappa shape index (κ3) is 5.37. The Hall–Kier alpha value is -1.99. The minimum Gasteiger partial charge on any atom is -0.491 e. The van der Waals surface area contributed by atoms with Crippen molar-refractivity contribution in [1.82, 2.24) is 5.32 Å². The molecule has 0 unspecified atom stereocenters. The highest BCUT2D eigenvalue weighted by Crippen LogP contribution is 2.16. The van der Waals surface area contributed by atoms with Crippen molar-refractivity contribution in [3.63, 3.8) is 0 Å². The van der Waals surface area contributed by atoms with Crippen LogP contribution in [0.1, 0.15) is 13.8 Å². The van der Waals surface area contributed by atoms with Gasteiger partial charge in [-0.1, -0.05) is 5.92 Å². The van der Waals surface area contributed by atoms with E-state index in [1.54, 1.807) is 12.1 Å². The molecule has 0 aliphatic carbocycles. The number of nitrogens with one attached hydrogen (secondary N) is 2. The van der Waals surface area contributed by atoms with Crippen molar-refractivity contribution in [1.29, 1.82) is 0 Å². The Balaban J connectivity index is 2.43. The number of carbonyl (C=O) groups excluding carboxylic acids is 1. The lowest BCUT2D eigenvalue weighted by Crippen LogP contribution is -2.28. The lowest BCUT2D eigenvalue weighted by Gasteiger charge is -2.10. The quantitative estimate of drug-likeness (QED) is 0.592. The lowest BCUT2D eigenvalue weighted by atomic mass is 10.3. The summed E-state index contributed by atoms with van der Waals surface area (Å²) in [7, 11) is 0. The Labute approximate surface area is 108 Å². The van der Waals surface area contributed by atoms with E-state index in [9.17, 15) is 4.79 Å². The number of ether oxygens (including phenoxy) is 1. The number of benzene rings is 1. The zero-order valence-corrected chi connectivity index (χ0v) is 10.7. The molecule has 96 valence electrons. The van der Waals surface area contributed by atoms with Gasteiger partial charge in [-0.15, -0.1) is 6.42 Å². The molecule has 0 fully saturated rings. The van der Waals surface area contributed by atoms with Gasteiger partial charge in [0.05, 0.1) is 19.2 Å². The van der Waals surface area contributed by atoms with Crippen LogP contribution in [0.3, 0.4) is 0 Å². The van der Waals surface area contributed by atoms with Gasteiger partial charge in [-0.3, -0.25) is 10.1 Å². The van der Waals surface area contributed by atoms with Crippen molar-refractivity contribution in [3.05, 3.63) is 24.3 Å². The molecule has 0 aromatic heterocycles. The van der Waals surface area contributed by atoms with Gasteiger partial charge in [0.2, 0.25) is 5.91 Å². The molecule has 1 amide bonds. The fourth-order valence-corrected chi connectivity index (χ4v) is 1.34. The van der Waals surface area contributed by atoms with Crippen molar-refractivity contribution < 1.29 is 9.53 Å². The van der Waals surface area contributed by atoms with Crippen LogP contribution in [0.4, 0.5) is 5.69 Å². The first-order valence-corrected chi connectivity index (χ1v) is 5.82. The Morgan fingerprint density at radius 1 is 1.39 bits per heavy atom. The first kappa shape index (κ1) is 14.1. The second-order valence-electron chi connectivity index (χ2n) is 4.05. The largest absolute Gasteiger partial charge is 0.491 e. The molecule has 1 rings (SSSR count). The summed E-state index contributed by atoms with van der Waals surface area (Å²) < 4.78 is 5.51. The van der Waals surface area contributed by atoms with Gasteiger partial charge in [0.15, 0.2) is 0 Å². The van der Waals surface area contributed by atoms with Gasteiger partial charge >= 0.3 is 0 Å². The van der Waals surface area contributed by atoms with Gasteiger partial charge in [0, 0.05) is 5.69 Å². The van der Waals surface area contributed by atoms with Crippen LogP contribution in [0.2, 0.25) is 0 Å². The van der Waals surface area contributed by atoms with Crippen LogP contribution in [0.25, 0.3) is 0 Å². The van der Waals surface area contributed by atoms with E-state index in [-0.39, 0.29) is 18.6 Å². The number of terminal acetylenes is 1. The van der Waals surface area contributed by atoms with Crippen LogP contribution < -0.4 is 15.4 Å². The first-order valence-electron chi connectivity index (χ1n) is 5.82. The Morgan fingerprint density at radius 2 is 2.06 bits per heavy atom. The van der Waals surface area contributed by atoms with E-state index in [1.165, 1.54) is 0 Å². The molecule has 0 atom stereocenters. The number of carbonyl (C=O) groups is 1. The molecule has 0 saturated heterocycles. The van der Waals surface area contributed by atoms with Gasteiger partial charge in [-0.2, -0.15) is 0 Å². The number of hydrogen-bond donors (Lipinski definition) is 2. The van der Waals surface area contributed by atoms with Crippen molar-refractivity contribution in [2.24, 2.45) is 0 Å². The van der Waals surface area contributed by atoms with E-state index >= 15 is 0 Å². The highest BCUT2D eigenvalue weighted by atomic mass is 16.5. The highest BCUT2D eigenvalue weighted by Gasteiger charge is 2.02. The number of anilines is 1. The van der Waals surface area contributed by atoms with E-state index in [2.05, 4.69) is 16.6 Å². The van der Waals surface area contributed by atoms with Gasteiger partial charge in [-0.25, -0.2) is 0 Å². The fraction of sp³-hybridized carbons (Fsp3) is 0.357. The second-order valence-corrected chi connectivity index (χ2v) is 4.05. The minimum absolute atomic E-state index is 0.122. The molecule has 0 heterocycles. The van der Waals surface area contributed by atoms with Crippen molar-refractivity contribution in [3.8, 4) is 18.1 Å². The van der Waals surface area contributed by atoms with E-state index in [0.29, 0.717) is 6.54 Å². The molecule has 0 spiro atoms. The molecule has 18 heavy (non-hydrogen) atoms. The Morgan fingerprint density at radius 3 is 2.61 bits per heavy atom. The third-order valence-corrected chi connectivity index (χ3v) is 2.02. The lowest BCUT2D eigenvalue weighted by molar-refractivity contribution is -0.115. The predicted molar refractivity (Wildman–Crippen MR) is 72.5 cm³/mol. The molecular formula is C14H18N2O2. The monoisotopic (exact) mass is 246 g/mol. The van der Waals surface area contributed by atoms with Crippen LogP contribution in [0.5, 0.6) is 5.75 Å². The standard InChI is InChI=1S/C14H18N2O2/c1-4-9-15-10-14(17)16-12-5-7-13(8-6-12)18-11(2)3/h1,5-8,11,15H,9-10H2,2-3H3,(H,16,17). The summed E-state index contributed by atoms with van der Waals surface area (Å²) >= 11 is 0. The summed E-state index contributed by atoms with van der Waals surface area (Å²) in [5.41, 5.74) is 0.735. The van der Waals surface area contributed by atoms with E-state index in [0.717, 1.165) is 11.4 Å². The molecule has 4 heteroatoms. The fourth-order valence-electron chi connectivity index (χ4n) is 1.34. The molecule has 1 aromatic carbocycles. The van der Waals surface area contributed by atoms with Gasteiger partial charge in [-0.05, 0) is 38.1 Å². The van der Waals surface area contributed by atoms with Crippen molar-refractivity contribution >= 4 is 11.6 Å². The zero-order chi connectivity index (χ0) is 13.4. The van der Waals surface area contributed by atoms with Gasteiger partial charge in [0.1, 0.15) is 5.75 Å². The Bertz CT molecular complexity index is 418. The molecule has 1 aromatic rings. The summed E-state index contributed by atoms with van der Waals surface area (Å²) in [5, 5.41) is 5.58. The number of hydrogen-bond acceptors (Lipinski definition) is 3. The average molecular weight is 246 g/mol. The SMILES string of the molecule is C#CCNCC(=O)Nc1ccc(OC(C)C)cc1. The molecule has 2 N–H and O–H groups in total. The van der Waals surface area contributed by atoms with E-state index in [1.807, 2.05) is 26.0 Å². The van der Waals surface area contributed by atoms with Crippen LogP contribution >= 0.6 is 0 Å². The van der Waals surface area contributed by atoms with Gasteiger partial charge in [0.25, 0.3) is 0 Å². The maximum absolute atomic E-state index is 11.5. The smallest absolute Gasteiger partial charge is 0.238 e. The maximum Gasteiger partial charge on any atom is 0.238 e. The van der Waals surface area contributed by atoms with Crippen LogP contribution in [-0.2, 0) is 4.79 Å². The van der Waals surface area contributed by atoms with Crippen molar-refractivity contribution in [2.75, 3.05) is 18.4 Å². The van der Waals surface area contributed by atoms with E-state index in [4.69, 9.17) is 11.2 Å². The van der Waals surface area contributed by atoms with Crippen molar-refractivity contribution in [2.45, 2.75) is 20.0 Å². The molecule has 0 bridgehead atoms. The van der Waals surface area contributed by atoms with E-state index < -0.39 is 0 Å². The average Bonchev–Trinajstić information content (AvgIpc) is 2.31. The molecule has 0 saturated carbocycles. The van der Waals surface area contributed by atoms with Gasteiger partial charge < -0.3 is 10.1 Å². The summed E-state index contributed by atoms with van der Waals surface area (Å²) in [6.07, 6.45) is 5.20. The van der Waals surface area contributed by atoms with Crippen LogP contribution in [0.15, 0.2) is 24.3 Å². The molecule has 4 nitrogen and oxygen atoms in total. The predicted octanol–water partition coefficient (Wildman–Crippen LogP) is 1.64. The first-order chi connectivity index (χ1) is 8.61. The maximum atomic E-state index is 11.5. The third-order valence-electron chi connectivity index (χ3n) is 2.02.